The molecule has 0 bridgehead atoms. The highest BCUT2D eigenvalue weighted by Crippen LogP contribution is 2.28. The number of benzene rings is 1. The van der Waals surface area contributed by atoms with E-state index in [0.29, 0.717) is 12.2 Å². The summed E-state index contributed by atoms with van der Waals surface area (Å²) in [5.74, 6) is 0.0130. The molecule has 22 heavy (non-hydrogen) atoms. The van der Waals surface area contributed by atoms with Gasteiger partial charge in [-0.25, -0.2) is 4.98 Å². The molecule has 1 aromatic heterocycles. The molecule has 2 aromatic rings. The Morgan fingerprint density at radius 2 is 2.23 bits per heavy atom. The van der Waals surface area contributed by atoms with Crippen LogP contribution in [0.1, 0.15) is 28.9 Å². The maximum atomic E-state index is 12.6. The van der Waals surface area contributed by atoms with E-state index in [1.54, 1.807) is 0 Å². The Labute approximate surface area is 140 Å². The van der Waals surface area contributed by atoms with E-state index in [2.05, 4.69) is 18.0 Å². The van der Waals surface area contributed by atoms with E-state index in [1.807, 2.05) is 28.5 Å². The third kappa shape index (κ3) is 3.16. The Morgan fingerprint density at radius 1 is 1.45 bits per heavy atom. The monoisotopic (exact) mass is 337 g/mol. The highest BCUT2D eigenvalue weighted by Gasteiger charge is 2.29. The Morgan fingerprint density at radius 3 is 2.95 bits per heavy atom. The Balaban J connectivity index is 0.00000176. The number of carbonyl (C=O) groups excluding carboxylic acids is 1. The smallest absolute Gasteiger partial charge is 0.273 e. The van der Waals surface area contributed by atoms with Crippen LogP contribution in [0, 0.1) is 6.92 Å². The summed E-state index contributed by atoms with van der Waals surface area (Å²) in [6, 6.07) is 8.27. The normalized spacial score (nSPS) is 17.4. The van der Waals surface area contributed by atoms with Gasteiger partial charge in [-0.3, -0.25) is 4.79 Å². The van der Waals surface area contributed by atoms with Crippen molar-refractivity contribution in [2.24, 2.45) is 5.73 Å². The molecule has 2 N–H and O–H groups in total. The van der Waals surface area contributed by atoms with Crippen LogP contribution in [0.3, 0.4) is 0 Å². The maximum Gasteiger partial charge on any atom is 0.273 e. The van der Waals surface area contributed by atoms with Crippen molar-refractivity contribution in [3.8, 4) is 10.6 Å². The molecule has 1 atom stereocenters. The fourth-order valence-electron chi connectivity index (χ4n) is 2.80. The van der Waals surface area contributed by atoms with Gasteiger partial charge in [-0.2, -0.15) is 0 Å². The van der Waals surface area contributed by atoms with Gasteiger partial charge in [0, 0.05) is 30.1 Å². The number of amides is 1. The van der Waals surface area contributed by atoms with Crippen molar-refractivity contribution in [1.82, 2.24) is 9.88 Å². The number of hydrogen-bond acceptors (Lipinski definition) is 4. The van der Waals surface area contributed by atoms with Crippen LogP contribution < -0.4 is 5.73 Å². The zero-order chi connectivity index (χ0) is 14.8. The minimum Gasteiger partial charge on any atom is -0.333 e. The molecular weight excluding hydrogens is 318 g/mol. The van der Waals surface area contributed by atoms with Gasteiger partial charge < -0.3 is 10.6 Å². The molecule has 3 rings (SSSR count). The first-order valence-corrected chi connectivity index (χ1v) is 8.11. The van der Waals surface area contributed by atoms with E-state index < -0.39 is 0 Å². The predicted molar refractivity (Wildman–Crippen MR) is 92.6 cm³/mol. The molecule has 0 radical (unpaired) electrons. The van der Waals surface area contributed by atoms with Crippen molar-refractivity contribution in [2.75, 3.05) is 13.1 Å². The summed E-state index contributed by atoms with van der Waals surface area (Å²) < 4.78 is 0. The van der Waals surface area contributed by atoms with Gasteiger partial charge in [0.15, 0.2) is 0 Å². The number of thiazole rings is 1. The molecule has 1 amide bonds. The van der Waals surface area contributed by atoms with Crippen LogP contribution in [0.25, 0.3) is 10.6 Å². The van der Waals surface area contributed by atoms with E-state index in [9.17, 15) is 4.79 Å². The van der Waals surface area contributed by atoms with Crippen molar-refractivity contribution in [2.45, 2.75) is 25.8 Å². The fourth-order valence-corrected chi connectivity index (χ4v) is 3.69. The summed E-state index contributed by atoms with van der Waals surface area (Å²) in [7, 11) is 0. The van der Waals surface area contributed by atoms with E-state index in [0.717, 1.165) is 30.0 Å². The number of hydrogen-bond donors (Lipinski definition) is 1. The second-order valence-electron chi connectivity index (χ2n) is 5.38. The Hall–Kier alpha value is -1.43. The lowest BCUT2D eigenvalue weighted by Gasteiger charge is -2.22. The maximum absolute atomic E-state index is 12.6. The predicted octanol–water partition coefficient (Wildman–Crippen LogP) is 3.10. The number of rotatable bonds is 3. The highest BCUT2D eigenvalue weighted by atomic mass is 35.5. The first-order chi connectivity index (χ1) is 10.2. The van der Waals surface area contributed by atoms with Crippen molar-refractivity contribution < 1.29 is 4.79 Å². The van der Waals surface area contributed by atoms with Gasteiger partial charge in [0.2, 0.25) is 0 Å². The SMILES string of the molecule is Cc1ccccc1-c1nc(C(=O)N2CCCC2CN)cs1.Cl. The second-order valence-corrected chi connectivity index (χ2v) is 6.24. The van der Waals surface area contributed by atoms with E-state index in [-0.39, 0.29) is 24.4 Å². The van der Waals surface area contributed by atoms with Gasteiger partial charge in [-0.15, -0.1) is 23.7 Å². The molecule has 0 saturated carbocycles. The van der Waals surface area contributed by atoms with Crippen LogP contribution >= 0.6 is 23.7 Å². The third-order valence-corrected chi connectivity index (χ3v) is 4.88. The molecule has 4 nitrogen and oxygen atoms in total. The van der Waals surface area contributed by atoms with E-state index in [4.69, 9.17) is 5.73 Å². The van der Waals surface area contributed by atoms with Crippen LogP contribution in [0.15, 0.2) is 29.6 Å². The fraction of sp³-hybridized carbons (Fsp3) is 0.375. The molecule has 1 fully saturated rings. The zero-order valence-electron chi connectivity index (χ0n) is 12.5. The lowest BCUT2D eigenvalue weighted by molar-refractivity contribution is 0.0736. The molecule has 118 valence electrons. The minimum atomic E-state index is 0. The van der Waals surface area contributed by atoms with Gasteiger partial charge in [0.1, 0.15) is 10.7 Å². The average molecular weight is 338 g/mol. The molecule has 1 saturated heterocycles. The molecule has 0 aliphatic carbocycles. The lowest BCUT2D eigenvalue weighted by atomic mass is 10.1. The number of nitrogens with zero attached hydrogens (tertiary/aromatic N) is 2. The molecule has 0 spiro atoms. The quantitative estimate of drug-likeness (QED) is 0.936. The number of aryl methyl sites for hydroxylation is 1. The van der Waals surface area contributed by atoms with Crippen LogP contribution in [0.2, 0.25) is 0 Å². The number of carbonyl (C=O) groups is 1. The topological polar surface area (TPSA) is 59.2 Å². The zero-order valence-corrected chi connectivity index (χ0v) is 14.1. The highest BCUT2D eigenvalue weighted by molar-refractivity contribution is 7.13. The number of aromatic nitrogens is 1. The van der Waals surface area contributed by atoms with Gasteiger partial charge >= 0.3 is 0 Å². The van der Waals surface area contributed by atoms with Gasteiger partial charge in [0.25, 0.3) is 5.91 Å². The molecule has 2 heterocycles. The number of nitrogens with two attached hydrogens (primary N) is 1. The van der Waals surface area contributed by atoms with Gasteiger partial charge in [-0.05, 0) is 25.3 Å². The summed E-state index contributed by atoms with van der Waals surface area (Å²) >= 11 is 1.52. The number of likely N-dealkylation sites (tertiary alicyclic amines) is 1. The van der Waals surface area contributed by atoms with Crippen molar-refractivity contribution in [3.05, 3.63) is 40.9 Å². The number of halogens is 1. The van der Waals surface area contributed by atoms with Crippen molar-refractivity contribution in [1.29, 1.82) is 0 Å². The summed E-state index contributed by atoms with van der Waals surface area (Å²) in [6.45, 7) is 3.38. The van der Waals surface area contributed by atoms with Gasteiger partial charge in [-0.1, -0.05) is 24.3 Å². The Bertz CT molecular complexity index is 658. The van der Waals surface area contributed by atoms with E-state index >= 15 is 0 Å². The Kier molecular flexibility index (Phi) is 5.56. The molecule has 6 heteroatoms. The molecule has 1 aliphatic heterocycles. The summed E-state index contributed by atoms with van der Waals surface area (Å²) in [6.07, 6.45) is 2.03. The molecule has 1 aromatic carbocycles. The van der Waals surface area contributed by atoms with E-state index in [1.165, 1.54) is 16.9 Å². The van der Waals surface area contributed by atoms with Gasteiger partial charge in [0.05, 0.1) is 0 Å². The van der Waals surface area contributed by atoms with Crippen LogP contribution in [-0.2, 0) is 0 Å². The van der Waals surface area contributed by atoms with Crippen molar-refractivity contribution in [3.63, 3.8) is 0 Å². The van der Waals surface area contributed by atoms with Crippen LogP contribution in [-0.4, -0.2) is 34.9 Å². The van der Waals surface area contributed by atoms with Crippen LogP contribution in [0.4, 0.5) is 0 Å². The first-order valence-electron chi connectivity index (χ1n) is 7.23. The third-order valence-electron chi connectivity index (χ3n) is 4.01. The molecule has 1 unspecified atom stereocenters. The lowest BCUT2D eigenvalue weighted by Crippen LogP contribution is -2.40. The summed E-state index contributed by atoms with van der Waals surface area (Å²) in [5.41, 5.74) is 8.55. The van der Waals surface area contributed by atoms with Crippen molar-refractivity contribution >= 4 is 29.7 Å². The standard InChI is InChI=1S/C16H19N3OS.ClH/c1-11-5-2-3-7-13(11)15-18-14(10-21-15)16(20)19-8-4-6-12(19)9-17;/h2-3,5,7,10,12H,4,6,8-9,17H2,1H3;1H. The molecular formula is C16H20ClN3OS. The average Bonchev–Trinajstić information content (AvgIpc) is 3.16. The minimum absolute atomic E-state index is 0. The molecule has 1 aliphatic rings. The first kappa shape index (κ1) is 16.9. The summed E-state index contributed by atoms with van der Waals surface area (Å²) in [5, 5.41) is 2.76. The van der Waals surface area contributed by atoms with Crippen LogP contribution in [0.5, 0.6) is 0 Å². The summed E-state index contributed by atoms with van der Waals surface area (Å²) in [4.78, 5) is 19.0. The second kappa shape index (κ2) is 7.22. The largest absolute Gasteiger partial charge is 0.333 e.